The number of furan rings is 1. The summed E-state index contributed by atoms with van der Waals surface area (Å²) >= 11 is 0. The topological polar surface area (TPSA) is 91.8 Å². The molecule has 0 radical (unpaired) electrons. The molecule has 23 heavy (non-hydrogen) atoms. The highest BCUT2D eigenvalue weighted by atomic mass is 16.5. The van der Waals surface area contributed by atoms with E-state index in [2.05, 4.69) is 10.5 Å². The van der Waals surface area contributed by atoms with Crippen molar-refractivity contribution in [1.82, 2.24) is 15.0 Å². The Balaban J connectivity index is 1.45. The molecule has 2 amide bonds. The maximum absolute atomic E-state index is 12.2. The third kappa shape index (κ3) is 3.78. The molecule has 0 saturated carbocycles. The van der Waals surface area contributed by atoms with Crippen LogP contribution in [0.25, 0.3) is 0 Å². The van der Waals surface area contributed by atoms with Crippen LogP contribution in [-0.2, 0) is 4.79 Å². The monoisotopic (exact) mass is 318 g/mol. The molecule has 3 heterocycles. The number of piperazine rings is 1. The van der Waals surface area contributed by atoms with Crippen molar-refractivity contribution in [2.24, 2.45) is 0 Å². The largest absolute Gasteiger partial charge is 0.472 e. The van der Waals surface area contributed by atoms with Gasteiger partial charge in [0.1, 0.15) is 6.26 Å². The number of anilines is 1. The van der Waals surface area contributed by atoms with E-state index in [1.165, 1.54) is 12.5 Å². The minimum absolute atomic E-state index is 0.0417. The summed E-state index contributed by atoms with van der Waals surface area (Å²) in [5.74, 6) is 0.150. The van der Waals surface area contributed by atoms with Crippen molar-refractivity contribution in [2.75, 3.05) is 38.0 Å². The third-order valence-corrected chi connectivity index (χ3v) is 3.69. The quantitative estimate of drug-likeness (QED) is 0.903. The molecule has 1 aliphatic heterocycles. The number of carbonyl (C=O) groups is 2. The first-order chi connectivity index (χ1) is 11.1. The van der Waals surface area contributed by atoms with Crippen LogP contribution in [0.1, 0.15) is 16.1 Å². The van der Waals surface area contributed by atoms with Crippen molar-refractivity contribution in [2.45, 2.75) is 6.92 Å². The third-order valence-electron chi connectivity index (χ3n) is 3.69. The SMILES string of the molecule is Cc1cc(NC(=O)CN2CCN(C(=O)c3ccoc3)CC2)on1. The van der Waals surface area contributed by atoms with Gasteiger partial charge in [0.2, 0.25) is 11.8 Å². The Hall–Kier alpha value is -2.61. The molecule has 0 aliphatic carbocycles. The van der Waals surface area contributed by atoms with Gasteiger partial charge in [0.25, 0.3) is 5.91 Å². The van der Waals surface area contributed by atoms with Gasteiger partial charge in [-0.3, -0.25) is 19.8 Å². The van der Waals surface area contributed by atoms with Crippen LogP contribution >= 0.6 is 0 Å². The maximum atomic E-state index is 12.2. The second-order valence-corrected chi connectivity index (χ2v) is 5.46. The van der Waals surface area contributed by atoms with Crippen molar-refractivity contribution < 1.29 is 18.5 Å². The molecule has 2 aromatic rings. The molecule has 1 saturated heterocycles. The number of amides is 2. The highest BCUT2D eigenvalue weighted by Gasteiger charge is 2.24. The highest BCUT2D eigenvalue weighted by molar-refractivity contribution is 5.94. The molecule has 122 valence electrons. The smallest absolute Gasteiger partial charge is 0.257 e. The Kier molecular flexibility index (Phi) is 4.42. The van der Waals surface area contributed by atoms with Crippen LogP contribution in [-0.4, -0.2) is 59.5 Å². The Labute approximate surface area is 133 Å². The van der Waals surface area contributed by atoms with E-state index in [-0.39, 0.29) is 18.4 Å². The molecule has 0 bridgehead atoms. The first kappa shape index (κ1) is 15.3. The molecule has 1 N–H and O–H groups in total. The molecule has 1 aliphatic rings. The van der Waals surface area contributed by atoms with E-state index in [0.717, 1.165) is 0 Å². The van der Waals surface area contributed by atoms with E-state index in [9.17, 15) is 9.59 Å². The minimum atomic E-state index is -0.157. The number of nitrogens with one attached hydrogen (secondary N) is 1. The summed E-state index contributed by atoms with van der Waals surface area (Å²) in [5.41, 5.74) is 1.27. The summed E-state index contributed by atoms with van der Waals surface area (Å²) < 4.78 is 9.89. The summed E-state index contributed by atoms with van der Waals surface area (Å²) in [4.78, 5) is 27.9. The number of aryl methyl sites for hydroxylation is 1. The molecule has 0 unspecified atom stereocenters. The Morgan fingerprint density at radius 3 is 2.70 bits per heavy atom. The zero-order valence-corrected chi connectivity index (χ0v) is 12.8. The summed E-state index contributed by atoms with van der Waals surface area (Å²) in [6.45, 7) is 4.50. The normalized spacial score (nSPS) is 15.6. The van der Waals surface area contributed by atoms with Crippen molar-refractivity contribution in [3.8, 4) is 0 Å². The van der Waals surface area contributed by atoms with E-state index in [1.54, 1.807) is 24.0 Å². The van der Waals surface area contributed by atoms with E-state index >= 15 is 0 Å². The second kappa shape index (κ2) is 6.66. The van der Waals surface area contributed by atoms with Gasteiger partial charge >= 0.3 is 0 Å². The van der Waals surface area contributed by atoms with Gasteiger partial charge in [0.05, 0.1) is 24.1 Å². The van der Waals surface area contributed by atoms with Crippen molar-refractivity contribution in [3.05, 3.63) is 35.9 Å². The van der Waals surface area contributed by atoms with Gasteiger partial charge in [0.15, 0.2) is 0 Å². The van der Waals surface area contributed by atoms with Crippen LogP contribution < -0.4 is 5.32 Å². The van der Waals surface area contributed by atoms with Gasteiger partial charge in [-0.2, -0.15) is 0 Å². The molecular weight excluding hydrogens is 300 g/mol. The lowest BCUT2D eigenvalue weighted by Crippen LogP contribution is -2.50. The summed E-state index contributed by atoms with van der Waals surface area (Å²) in [5, 5.41) is 6.38. The van der Waals surface area contributed by atoms with E-state index in [0.29, 0.717) is 43.3 Å². The van der Waals surface area contributed by atoms with Gasteiger partial charge < -0.3 is 13.8 Å². The van der Waals surface area contributed by atoms with Crippen LogP contribution in [0.4, 0.5) is 5.88 Å². The number of hydrogen-bond acceptors (Lipinski definition) is 6. The molecule has 0 aromatic carbocycles. The van der Waals surface area contributed by atoms with Crippen molar-refractivity contribution in [3.63, 3.8) is 0 Å². The fourth-order valence-electron chi connectivity index (χ4n) is 2.48. The van der Waals surface area contributed by atoms with Gasteiger partial charge in [-0.05, 0) is 13.0 Å². The zero-order chi connectivity index (χ0) is 16.2. The Morgan fingerprint density at radius 2 is 2.09 bits per heavy atom. The molecule has 3 rings (SSSR count). The highest BCUT2D eigenvalue weighted by Crippen LogP contribution is 2.11. The van der Waals surface area contributed by atoms with Gasteiger partial charge in [0, 0.05) is 32.2 Å². The minimum Gasteiger partial charge on any atom is -0.472 e. The maximum Gasteiger partial charge on any atom is 0.257 e. The average Bonchev–Trinajstić information content (AvgIpc) is 3.19. The standard InChI is InChI=1S/C15H18N4O4/c1-11-8-14(23-17-11)16-13(20)9-18-3-5-19(6-4-18)15(21)12-2-7-22-10-12/h2,7-8,10H,3-6,9H2,1H3,(H,16,20). The van der Waals surface area contributed by atoms with E-state index < -0.39 is 0 Å². The van der Waals surface area contributed by atoms with Gasteiger partial charge in [-0.25, -0.2) is 0 Å². The van der Waals surface area contributed by atoms with Crippen LogP contribution in [0.2, 0.25) is 0 Å². The fraction of sp³-hybridized carbons (Fsp3) is 0.400. The fourth-order valence-corrected chi connectivity index (χ4v) is 2.48. The van der Waals surface area contributed by atoms with Crippen LogP contribution in [0, 0.1) is 6.92 Å². The van der Waals surface area contributed by atoms with Crippen molar-refractivity contribution >= 4 is 17.7 Å². The summed E-state index contributed by atoms with van der Waals surface area (Å²) in [6.07, 6.45) is 2.93. The zero-order valence-electron chi connectivity index (χ0n) is 12.8. The molecule has 8 heteroatoms. The molecule has 0 atom stereocenters. The number of hydrogen-bond donors (Lipinski definition) is 1. The van der Waals surface area contributed by atoms with Crippen LogP contribution in [0.5, 0.6) is 0 Å². The van der Waals surface area contributed by atoms with E-state index in [1.807, 2.05) is 4.90 Å². The summed E-state index contributed by atoms with van der Waals surface area (Å²) in [6, 6.07) is 3.32. The van der Waals surface area contributed by atoms with Crippen molar-refractivity contribution in [1.29, 1.82) is 0 Å². The van der Waals surface area contributed by atoms with Crippen LogP contribution in [0.3, 0.4) is 0 Å². The predicted octanol–water partition coefficient (Wildman–Crippen LogP) is 0.973. The summed E-state index contributed by atoms with van der Waals surface area (Å²) in [7, 11) is 0. The molecule has 8 nitrogen and oxygen atoms in total. The second-order valence-electron chi connectivity index (χ2n) is 5.46. The van der Waals surface area contributed by atoms with Crippen LogP contribution in [0.15, 0.2) is 33.6 Å². The number of rotatable bonds is 4. The lowest BCUT2D eigenvalue weighted by Gasteiger charge is -2.34. The lowest BCUT2D eigenvalue weighted by atomic mass is 10.2. The lowest BCUT2D eigenvalue weighted by molar-refractivity contribution is -0.117. The van der Waals surface area contributed by atoms with Gasteiger partial charge in [-0.15, -0.1) is 0 Å². The first-order valence-electron chi connectivity index (χ1n) is 7.39. The predicted molar refractivity (Wildman–Crippen MR) is 80.9 cm³/mol. The van der Waals surface area contributed by atoms with E-state index in [4.69, 9.17) is 8.94 Å². The molecule has 0 spiro atoms. The number of nitrogens with zero attached hydrogens (tertiary/aromatic N) is 3. The first-order valence-corrected chi connectivity index (χ1v) is 7.39. The van der Waals surface area contributed by atoms with Gasteiger partial charge in [-0.1, -0.05) is 5.16 Å². The molecule has 2 aromatic heterocycles. The number of aromatic nitrogens is 1. The average molecular weight is 318 g/mol. The Bertz CT molecular complexity index is 671. The number of carbonyl (C=O) groups excluding carboxylic acids is 2. The Morgan fingerprint density at radius 1 is 1.30 bits per heavy atom. The molecule has 1 fully saturated rings. The molecular formula is C15H18N4O4.